The lowest BCUT2D eigenvalue weighted by atomic mass is 10.0. The van der Waals surface area contributed by atoms with Crippen LogP contribution in [0.4, 0.5) is 0 Å². The summed E-state index contributed by atoms with van der Waals surface area (Å²) < 4.78 is 0. The van der Waals surface area contributed by atoms with E-state index in [2.05, 4.69) is 48.1 Å². The molecule has 1 rings (SSSR count). The number of piperazine rings is 1. The molecule has 0 aromatic rings. The molecule has 10 heteroatoms. The zero-order valence-corrected chi connectivity index (χ0v) is 46.9. The minimum absolute atomic E-state index is 0.113. The van der Waals surface area contributed by atoms with Gasteiger partial charge in [0.1, 0.15) is 12.1 Å². The van der Waals surface area contributed by atoms with Crippen molar-refractivity contribution in [3.05, 3.63) is 0 Å². The van der Waals surface area contributed by atoms with Gasteiger partial charge in [-0.15, -0.1) is 0 Å². The summed E-state index contributed by atoms with van der Waals surface area (Å²) in [4.78, 5) is 31.0. The number of hydrogen-bond donors (Lipinski definition) is 6. The van der Waals surface area contributed by atoms with E-state index in [1.165, 1.54) is 154 Å². The van der Waals surface area contributed by atoms with Gasteiger partial charge in [-0.3, -0.25) is 19.4 Å². The molecular weight excluding hydrogens is 873 g/mol. The maximum atomic E-state index is 13.3. The molecule has 10 nitrogen and oxygen atoms in total. The number of nitrogens with one attached hydrogen (secondary N) is 2. The molecule has 6 N–H and O–H groups in total. The molecule has 0 spiro atoms. The average Bonchev–Trinajstić information content (AvgIpc) is 3.33. The molecule has 2 amide bonds. The summed E-state index contributed by atoms with van der Waals surface area (Å²) in [6.45, 7) is 12.7. The van der Waals surface area contributed by atoms with Crippen LogP contribution in [0.25, 0.3) is 0 Å². The Labute approximate surface area is 433 Å². The zero-order chi connectivity index (χ0) is 51.1. The van der Waals surface area contributed by atoms with E-state index in [1.807, 2.05) is 0 Å². The number of amides is 2. The minimum atomic E-state index is -0.544. The highest BCUT2D eigenvalue weighted by Crippen LogP contribution is 2.18. The van der Waals surface area contributed by atoms with Gasteiger partial charge in [0.25, 0.3) is 0 Å². The predicted molar refractivity (Wildman–Crippen MR) is 297 cm³/mol. The van der Waals surface area contributed by atoms with Crippen molar-refractivity contribution in [2.45, 2.75) is 334 Å². The molecule has 0 saturated carbocycles. The van der Waals surface area contributed by atoms with Crippen LogP contribution in [0.2, 0.25) is 0 Å². The molecule has 1 saturated heterocycles. The lowest BCUT2D eigenvalue weighted by Gasteiger charge is -2.31. The first-order valence-corrected chi connectivity index (χ1v) is 30.9. The normalized spacial score (nSPS) is 17.1. The second kappa shape index (κ2) is 48.6. The Balaban J connectivity index is 2.60. The van der Waals surface area contributed by atoms with Gasteiger partial charge in [-0.25, -0.2) is 0 Å². The van der Waals surface area contributed by atoms with E-state index in [0.29, 0.717) is 39.0 Å². The van der Waals surface area contributed by atoms with Crippen molar-refractivity contribution in [3.63, 3.8) is 0 Å². The number of carbonyl (C=O) groups excluding carboxylic acids is 2. The summed E-state index contributed by atoms with van der Waals surface area (Å²) in [5.74, 6) is -0.226. The summed E-state index contributed by atoms with van der Waals surface area (Å²) in [7, 11) is 0. The quantitative estimate of drug-likeness (QED) is 0.0331. The van der Waals surface area contributed by atoms with Crippen molar-refractivity contribution < 1.29 is 30.0 Å². The average molecular weight is 994 g/mol. The first-order chi connectivity index (χ1) is 34.1. The van der Waals surface area contributed by atoms with Gasteiger partial charge in [0.15, 0.2) is 0 Å². The molecule has 0 aliphatic carbocycles. The Kier molecular flexibility index (Phi) is 46.3. The van der Waals surface area contributed by atoms with Crippen molar-refractivity contribution in [1.29, 1.82) is 0 Å². The minimum Gasteiger partial charge on any atom is -0.392 e. The summed E-state index contributed by atoms with van der Waals surface area (Å²) in [5, 5.41) is 50.3. The molecule has 0 radical (unpaired) electrons. The van der Waals surface area contributed by atoms with Crippen LogP contribution in [0.5, 0.6) is 0 Å². The molecule has 0 aromatic heterocycles. The molecule has 416 valence electrons. The van der Waals surface area contributed by atoms with E-state index in [0.717, 1.165) is 116 Å². The van der Waals surface area contributed by atoms with E-state index < -0.39 is 36.5 Å². The first-order valence-electron chi connectivity index (χ1n) is 30.9. The van der Waals surface area contributed by atoms with Crippen LogP contribution in [0.3, 0.4) is 0 Å². The monoisotopic (exact) mass is 993 g/mol. The summed E-state index contributed by atoms with van der Waals surface area (Å²) >= 11 is 0. The smallest absolute Gasteiger partial charge is 0.243 e. The summed E-state index contributed by atoms with van der Waals surface area (Å²) in [5.41, 5.74) is 0. The third-order valence-electron chi connectivity index (χ3n) is 15.1. The summed E-state index contributed by atoms with van der Waals surface area (Å²) in [6.07, 6.45) is 45.6. The first kappa shape index (κ1) is 66.7. The van der Waals surface area contributed by atoms with Gasteiger partial charge in [0.05, 0.1) is 24.4 Å². The van der Waals surface area contributed by atoms with E-state index >= 15 is 0 Å². The molecule has 1 heterocycles. The fourth-order valence-electron chi connectivity index (χ4n) is 10.6. The second-order valence-electron chi connectivity index (χ2n) is 22.3. The fraction of sp³-hybridized carbons (Fsp3) is 0.967. The largest absolute Gasteiger partial charge is 0.392 e. The number of rotatable bonds is 54. The third-order valence-corrected chi connectivity index (χ3v) is 15.1. The van der Waals surface area contributed by atoms with Crippen molar-refractivity contribution in [2.24, 2.45) is 0 Å². The second-order valence-corrected chi connectivity index (χ2v) is 22.3. The van der Waals surface area contributed by atoms with Gasteiger partial charge in [-0.2, -0.15) is 0 Å². The van der Waals surface area contributed by atoms with Crippen LogP contribution in [-0.2, 0) is 9.59 Å². The topological polar surface area (TPSA) is 146 Å². The lowest BCUT2D eigenvalue weighted by molar-refractivity contribution is -0.137. The molecular formula is C60H120N4O6. The number of aliphatic hydroxyl groups excluding tert-OH is 4. The number of nitrogens with zero attached hydrogens (tertiary/aromatic N) is 2. The van der Waals surface area contributed by atoms with E-state index in [-0.39, 0.29) is 11.8 Å². The molecule has 1 aliphatic rings. The van der Waals surface area contributed by atoms with Crippen molar-refractivity contribution in [3.8, 4) is 0 Å². The Bertz CT molecular complexity index is 1010. The van der Waals surface area contributed by atoms with Crippen LogP contribution < -0.4 is 10.6 Å². The number of aliphatic hydroxyl groups is 4. The lowest BCUT2D eigenvalue weighted by Crippen LogP contribution is -2.61. The SMILES string of the molecule is CCCCCCCCCC[C@H](O)CN(CCCC[C@@H]1NC(=O)[C@@H](CCCCN(C[C@@H](O)CCCCCCCCCC)C[C@@H](O)CCCCCCCCCC)NC1=O)C[C@@H](O)CCCCCCCCCC. The van der Waals surface area contributed by atoms with Crippen molar-refractivity contribution >= 4 is 11.8 Å². The van der Waals surface area contributed by atoms with Crippen molar-refractivity contribution in [2.75, 3.05) is 39.3 Å². The fourth-order valence-corrected chi connectivity index (χ4v) is 10.6. The van der Waals surface area contributed by atoms with E-state index in [4.69, 9.17) is 0 Å². The van der Waals surface area contributed by atoms with Gasteiger partial charge >= 0.3 is 0 Å². The van der Waals surface area contributed by atoms with Gasteiger partial charge < -0.3 is 31.1 Å². The van der Waals surface area contributed by atoms with Crippen LogP contribution in [-0.4, -0.2) is 118 Å². The highest BCUT2D eigenvalue weighted by molar-refractivity contribution is 5.96. The van der Waals surface area contributed by atoms with Gasteiger partial charge in [0.2, 0.25) is 11.8 Å². The van der Waals surface area contributed by atoms with Crippen LogP contribution in [0, 0.1) is 0 Å². The zero-order valence-electron chi connectivity index (χ0n) is 46.9. The Morgan fingerprint density at radius 1 is 0.329 bits per heavy atom. The molecule has 0 bridgehead atoms. The van der Waals surface area contributed by atoms with Crippen LogP contribution >= 0.6 is 0 Å². The van der Waals surface area contributed by atoms with Gasteiger partial charge in [0, 0.05) is 26.2 Å². The molecule has 0 unspecified atom stereocenters. The van der Waals surface area contributed by atoms with Crippen molar-refractivity contribution in [1.82, 2.24) is 20.4 Å². The highest BCUT2D eigenvalue weighted by Gasteiger charge is 2.33. The predicted octanol–water partition coefficient (Wildman–Crippen LogP) is 13.5. The standard InChI is InChI=1S/C60H120N4O6/c1-5-9-13-17-21-25-29-33-41-53(65)49-63(50-54(66)42-34-30-26-22-18-14-10-6-2)47-39-37-45-57-59(69)62-58(60(70)61-57)46-38-40-48-64(51-55(67)43-35-31-27-23-19-15-11-7-3)52-56(68)44-36-32-28-24-20-16-12-8-4/h53-58,65-68H,5-52H2,1-4H3,(H,61,70)(H,62,69)/t53-,54-,55-,56-,57-,58+/m0/s1. The number of unbranched alkanes of at least 4 members (excludes halogenated alkanes) is 30. The Morgan fingerprint density at radius 2 is 0.543 bits per heavy atom. The maximum absolute atomic E-state index is 13.3. The molecule has 1 aliphatic heterocycles. The Hall–Kier alpha value is -1.30. The molecule has 0 aromatic carbocycles. The van der Waals surface area contributed by atoms with Gasteiger partial charge in [-0.1, -0.05) is 233 Å². The molecule has 70 heavy (non-hydrogen) atoms. The molecule has 6 atom stereocenters. The van der Waals surface area contributed by atoms with E-state index in [1.54, 1.807) is 0 Å². The van der Waals surface area contributed by atoms with Gasteiger partial charge in [-0.05, 0) is 77.3 Å². The van der Waals surface area contributed by atoms with E-state index in [9.17, 15) is 30.0 Å². The summed E-state index contributed by atoms with van der Waals surface area (Å²) in [6, 6.07) is -1.09. The van der Waals surface area contributed by atoms with Crippen LogP contribution in [0.15, 0.2) is 0 Å². The van der Waals surface area contributed by atoms with Crippen LogP contribution in [0.1, 0.15) is 297 Å². The number of hydrogen-bond acceptors (Lipinski definition) is 8. The molecule has 1 fully saturated rings. The Morgan fingerprint density at radius 3 is 0.771 bits per heavy atom. The highest BCUT2D eigenvalue weighted by atomic mass is 16.3. The maximum Gasteiger partial charge on any atom is 0.243 e. The number of carbonyl (C=O) groups is 2. The third kappa shape index (κ3) is 40.1.